The summed E-state index contributed by atoms with van der Waals surface area (Å²) in [7, 11) is -4.06. The first kappa shape index (κ1) is 23.1. The molecule has 2 heterocycles. The molecule has 0 spiro atoms. The van der Waals surface area contributed by atoms with Crippen LogP contribution in [0.4, 0.5) is 0 Å². The Labute approximate surface area is 214 Å². The first-order chi connectivity index (χ1) is 18.0. The van der Waals surface area contributed by atoms with E-state index in [1.807, 2.05) is 48.5 Å². The fourth-order valence-electron chi connectivity index (χ4n) is 4.50. The topological polar surface area (TPSA) is 81.7 Å². The van der Waals surface area contributed by atoms with Crippen molar-refractivity contribution in [1.29, 1.82) is 0 Å². The minimum atomic E-state index is -4.06. The largest absolute Gasteiger partial charge is 0.488 e. The lowest BCUT2D eigenvalue weighted by Crippen LogP contribution is -2.18. The lowest BCUT2D eigenvalue weighted by molar-refractivity contribution is 0.187. The minimum absolute atomic E-state index is 0.112. The van der Waals surface area contributed by atoms with Gasteiger partial charge in [0.2, 0.25) is 0 Å². The number of benzene rings is 4. The van der Waals surface area contributed by atoms with E-state index in [0.717, 1.165) is 10.9 Å². The smallest absolute Gasteiger partial charge is 0.268 e. The third-order valence-corrected chi connectivity index (χ3v) is 8.06. The summed E-state index contributed by atoms with van der Waals surface area (Å²) in [5.41, 5.74) is 2.16. The van der Waals surface area contributed by atoms with E-state index in [9.17, 15) is 13.5 Å². The molecule has 0 bridgehead atoms. The summed E-state index contributed by atoms with van der Waals surface area (Å²) in [6, 6.07) is 33.9. The van der Waals surface area contributed by atoms with E-state index in [1.54, 1.807) is 54.6 Å². The van der Waals surface area contributed by atoms with Crippen LogP contribution in [0.15, 0.2) is 125 Å². The number of fused-ring (bicyclic) bond motifs is 2. The molecule has 1 atom stereocenters. The maximum atomic E-state index is 13.9. The first-order valence-corrected chi connectivity index (χ1v) is 13.2. The molecule has 0 aliphatic carbocycles. The maximum absolute atomic E-state index is 13.9. The van der Waals surface area contributed by atoms with Crippen LogP contribution in [-0.2, 0) is 16.6 Å². The van der Waals surface area contributed by atoms with E-state index >= 15 is 0 Å². The Morgan fingerprint density at radius 3 is 2.27 bits per heavy atom. The van der Waals surface area contributed by atoms with E-state index in [1.165, 1.54) is 16.1 Å². The number of rotatable bonds is 7. The van der Waals surface area contributed by atoms with Crippen LogP contribution in [0.25, 0.3) is 21.9 Å². The van der Waals surface area contributed by atoms with Gasteiger partial charge in [0.1, 0.15) is 23.7 Å². The van der Waals surface area contributed by atoms with Gasteiger partial charge in [0, 0.05) is 10.8 Å². The van der Waals surface area contributed by atoms with Crippen LogP contribution in [0.1, 0.15) is 23.1 Å². The molecule has 7 heteroatoms. The molecular formula is C30H23NO5S. The van der Waals surface area contributed by atoms with E-state index in [-0.39, 0.29) is 16.3 Å². The quantitative estimate of drug-likeness (QED) is 0.274. The number of aliphatic hydroxyl groups is 1. The molecule has 6 rings (SSSR count). The van der Waals surface area contributed by atoms with Crippen molar-refractivity contribution in [2.75, 3.05) is 0 Å². The zero-order valence-electron chi connectivity index (χ0n) is 19.7. The SMILES string of the molecule is O=S(=O)(c1ccccc1)n1c(C(O)c2cc3ccccc3o2)cc2c(OCc3ccccc3)cccc21. The van der Waals surface area contributed by atoms with Gasteiger partial charge >= 0.3 is 0 Å². The van der Waals surface area contributed by atoms with Gasteiger partial charge in [0.15, 0.2) is 6.10 Å². The molecule has 4 aromatic carbocycles. The fourth-order valence-corrected chi connectivity index (χ4v) is 6.06. The Hall–Kier alpha value is -4.33. The average Bonchev–Trinajstić information content (AvgIpc) is 3.55. The summed E-state index contributed by atoms with van der Waals surface area (Å²) in [5.74, 6) is 0.765. The highest BCUT2D eigenvalue weighted by Gasteiger charge is 2.29. The van der Waals surface area contributed by atoms with Gasteiger partial charge in [0.25, 0.3) is 10.0 Å². The van der Waals surface area contributed by atoms with Crippen molar-refractivity contribution in [1.82, 2.24) is 3.97 Å². The molecule has 0 saturated heterocycles. The Morgan fingerprint density at radius 2 is 1.51 bits per heavy atom. The summed E-state index contributed by atoms with van der Waals surface area (Å²) in [6.07, 6.45) is -1.33. The molecule has 1 unspecified atom stereocenters. The van der Waals surface area contributed by atoms with Crippen molar-refractivity contribution in [3.63, 3.8) is 0 Å². The van der Waals surface area contributed by atoms with Gasteiger partial charge in [-0.15, -0.1) is 0 Å². The van der Waals surface area contributed by atoms with E-state index in [4.69, 9.17) is 9.15 Å². The summed E-state index contributed by atoms with van der Waals surface area (Å²) in [4.78, 5) is 0.112. The van der Waals surface area contributed by atoms with Gasteiger partial charge in [-0.05, 0) is 48.0 Å². The van der Waals surface area contributed by atoms with Gasteiger partial charge in [0.05, 0.1) is 16.1 Å². The van der Waals surface area contributed by atoms with Gasteiger partial charge < -0.3 is 14.3 Å². The van der Waals surface area contributed by atoms with Crippen LogP contribution in [0, 0.1) is 0 Å². The second-order valence-corrected chi connectivity index (χ2v) is 10.5. The van der Waals surface area contributed by atoms with Crippen molar-refractivity contribution in [2.45, 2.75) is 17.6 Å². The number of hydrogen-bond acceptors (Lipinski definition) is 5. The number of para-hydroxylation sites is 1. The van der Waals surface area contributed by atoms with Gasteiger partial charge in [-0.2, -0.15) is 0 Å². The van der Waals surface area contributed by atoms with Gasteiger partial charge in [-0.25, -0.2) is 12.4 Å². The number of ether oxygens (including phenoxy) is 1. The highest BCUT2D eigenvalue weighted by Crippen LogP contribution is 2.37. The van der Waals surface area contributed by atoms with Crippen molar-refractivity contribution in [3.8, 4) is 5.75 Å². The first-order valence-electron chi connectivity index (χ1n) is 11.8. The molecule has 184 valence electrons. The summed E-state index contributed by atoms with van der Waals surface area (Å²) in [6.45, 7) is 0.317. The highest BCUT2D eigenvalue weighted by atomic mass is 32.2. The zero-order chi connectivity index (χ0) is 25.4. The lowest BCUT2D eigenvalue weighted by Gasteiger charge is -2.15. The molecule has 0 radical (unpaired) electrons. The Bertz CT molecular complexity index is 1770. The summed E-state index contributed by atoms with van der Waals surface area (Å²) in [5, 5.41) is 12.9. The van der Waals surface area contributed by atoms with Crippen LogP contribution in [0.3, 0.4) is 0 Å². The number of aliphatic hydroxyl groups excluding tert-OH is 1. The Morgan fingerprint density at radius 1 is 0.811 bits per heavy atom. The Balaban J connectivity index is 1.52. The highest BCUT2D eigenvalue weighted by molar-refractivity contribution is 7.90. The normalized spacial score (nSPS) is 12.7. The standard InChI is InChI=1S/C30H23NO5S/c32-30(29-18-22-12-7-8-16-27(22)36-29)26-19-24-25(31(26)37(33,34)23-13-5-2-6-14-23)15-9-17-28(24)35-20-21-10-3-1-4-11-21/h1-19,30,32H,20H2. The molecule has 1 N–H and O–H groups in total. The molecule has 0 fully saturated rings. The lowest BCUT2D eigenvalue weighted by atomic mass is 10.1. The van der Waals surface area contributed by atoms with E-state index in [2.05, 4.69) is 0 Å². The molecule has 6 nitrogen and oxygen atoms in total. The van der Waals surface area contributed by atoms with Crippen molar-refractivity contribution in [3.05, 3.63) is 132 Å². The fraction of sp³-hybridized carbons (Fsp3) is 0.0667. The van der Waals surface area contributed by atoms with Crippen LogP contribution in [0.5, 0.6) is 5.75 Å². The molecule has 6 aromatic rings. The second-order valence-electron chi connectivity index (χ2n) is 8.70. The summed E-state index contributed by atoms with van der Waals surface area (Å²) >= 11 is 0. The van der Waals surface area contributed by atoms with Crippen molar-refractivity contribution >= 4 is 31.9 Å². The van der Waals surface area contributed by atoms with Crippen molar-refractivity contribution < 1.29 is 22.7 Å². The third kappa shape index (κ3) is 4.18. The molecule has 37 heavy (non-hydrogen) atoms. The maximum Gasteiger partial charge on any atom is 0.268 e. The zero-order valence-corrected chi connectivity index (χ0v) is 20.5. The third-order valence-electron chi connectivity index (χ3n) is 6.30. The number of furan rings is 1. The van der Waals surface area contributed by atoms with E-state index in [0.29, 0.717) is 28.8 Å². The minimum Gasteiger partial charge on any atom is -0.488 e. The van der Waals surface area contributed by atoms with Crippen LogP contribution < -0.4 is 4.74 Å². The number of aromatic nitrogens is 1. The molecule has 2 aromatic heterocycles. The molecule has 0 amide bonds. The molecular weight excluding hydrogens is 486 g/mol. The van der Waals surface area contributed by atoms with Gasteiger partial charge in [-0.1, -0.05) is 72.8 Å². The average molecular weight is 510 g/mol. The summed E-state index contributed by atoms with van der Waals surface area (Å²) < 4.78 is 41.0. The number of hydrogen-bond donors (Lipinski definition) is 1. The monoisotopic (exact) mass is 509 g/mol. The molecule has 0 aliphatic heterocycles. The van der Waals surface area contributed by atoms with Crippen LogP contribution >= 0.6 is 0 Å². The number of nitrogens with zero attached hydrogens (tertiary/aromatic N) is 1. The second kappa shape index (κ2) is 9.28. The van der Waals surface area contributed by atoms with Crippen molar-refractivity contribution in [2.24, 2.45) is 0 Å². The molecule has 0 aliphatic rings. The predicted molar refractivity (Wildman–Crippen MR) is 142 cm³/mol. The van der Waals surface area contributed by atoms with E-state index < -0.39 is 16.1 Å². The molecule has 0 saturated carbocycles. The predicted octanol–water partition coefficient (Wildman–Crippen LogP) is 6.29. The van der Waals surface area contributed by atoms with Crippen LogP contribution in [-0.4, -0.2) is 17.5 Å². The van der Waals surface area contributed by atoms with Crippen LogP contribution in [0.2, 0.25) is 0 Å². The van der Waals surface area contributed by atoms with Gasteiger partial charge in [-0.3, -0.25) is 0 Å². The Kier molecular flexibility index (Phi) is 5.79.